The number of ketones is 1. The first-order valence-electron chi connectivity index (χ1n) is 11.3. The number of ether oxygens (including phenoxy) is 1. The van der Waals surface area contributed by atoms with Gasteiger partial charge in [-0.25, -0.2) is 0 Å². The molecule has 1 saturated carbocycles. The fourth-order valence-electron chi connectivity index (χ4n) is 3.89. The van der Waals surface area contributed by atoms with Gasteiger partial charge in [0.05, 0.1) is 18.3 Å². The number of unbranched alkanes of at least 4 members (excludes halogenated alkanes) is 1. The van der Waals surface area contributed by atoms with Crippen LogP contribution in [0.3, 0.4) is 0 Å². The molecule has 2 N–H and O–H groups in total. The maximum Gasteiger partial charge on any atom is 0.306 e. The first kappa shape index (κ1) is 25.0. The van der Waals surface area contributed by atoms with E-state index in [9.17, 15) is 19.8 Å². The third-order valence-corrected chi connectivity index (χ3v) is 5.54. The minimum atomic E-state index is -0.700. The van der Waals surface area contributed by atoms with Crippen LogP contribution < -0.4 is 0 Å². The lowest BCUT2D eigenvalue weighted by Gasteiger charge is -2.16. The smallest absolute Gasteiger partial charge is 0.306 e. The van der Waals surface area contributed by atoms with E-state index in [0.29, 0.717) is 25.7 Å². The first-order valence-corrected chi connectivity index (χ1v) is 11.3. The first-order chi connectivity index (χ1) is 14.9. The van der Waals surface area contributed by atoms with Crippen LogP contribution in [0, 0.1) is 11.8 Å². The lowest BCUT2D eigenvalue weighted by atomic mass is 9.90. The fourth-order valence-corrected chi connectivity index (χ4v) is 3.89. The van der Waals surface area contributed by atoms with Gasteiger partial charge in [0.1, 0.15) is 5.78 Å². The molecule has 5 nitrogen and oxygen atoms in total. The number of carbonyl (C=O) groups is 2. The summed E-state index contributed by atoms with van der Waals surface area (Å²) in [5.41, 5.74) is 1.17. The molecule has 1 fully saturated rings. The number of carbonyl (C=O) groups excluding carboxylic acids is 2. The predicted molar refractivity (Wildman–Crippen MR) is 121 cm³/mol. The van der Waals surface area contributed by atoms with Crippen LogP contribution in [0.1, 0.15) is 57.9 Å². The van der Waals surface area contributed by atoms with E-state index in [1.54, 1.807) is 6.08 Å². The van der Waals surface area contributed by atoms with Gasteiger partial charge in [-0.2, -0.15) is 0 Å². The molecule has 0 bridgehead atoms. The summed E-state index contributed by atoms with van der Waals surface area (Å²) in [5, 5.41) is 20.6. The van der Waals surface area contributed by atoms with Crippen LogP contribution in [-0.2, 0) is 20.7 Å². The van der Waals surface area contributed by atoms with Crippen LogP contribution in [0.25, 0.3) is 0 Å². The highest BCUT2D eigenvalue weighted by atomic mass is 16.5. The largest absolute Gasteiger partial charge is 0.463 e. The number of aryl methyl sites for hydroxylation is 1. The zero-order chi connectivity index (χ0) is 22.6. The molecule has 1 aromatic rings. The van der Waals surface area contributed by atoms with E-state index in [0.717, 1.165) is 12.8 Å². The molecular weight excluding hydrogens is 392 g/mol. The van der Waals surface area contributed by atoms with Crippen molar-refractivity contribution in [1.29, 1.82) is 0 Å². The molecule has 1 aromatic carbocycles. The van der Waals surface area contributed by atoms with Crippen molar-refractivity contribution in [2.24, 2.45) is 11.8 Å². The maximum absolute atomic E-state index is 12.3. The van der Waals surface area contributed by atoms with E-state index >= 15 is 0 Å². The summed E-state index contributed by atoms with van der Waals surface area (Å²) < 4.78 is 5.10. The molecule has 0 spiro atoms. The molecule has 0 aliphatic heterocycles. The van der Waals surface area contributed by atoms with Gasteiger partial charge in [0.15, 0.2) is 0 Å². The van der Waals surface area contributed by atoms with Crippen molar-refractivity contribution in [1.82, 2.24) is 0 Å². The summed E-state index contributed by atoms with van der Waals surface area (Å²) in [4.78, 5) is 23.8. The van der Waals surface area contributed by atoms with Crippen LogP contribution in [0.2, 0.25) is 0 Å². The van der Waals surface area contributed by atoms with Crippen molar-refractivity contribution in [2.75, 3.05) is 0 Å². The van der Waals surface area contributed by atoms with Crippen molar-refractivity contribution in [3.05, 3.63) is 60.2 Å². The van der Waals surface area contributed by atoms with Gasteiger partial charge in [0.25, 0.3) is 0 Å². The topological polar surface area (TPSA) is 83.8 Å². The summed E-state index contributed by atoms with van der Waals surface area (Å²) in [5.74, 6) is -0.668. The van der Waals surface area contributed by atoms with Crippen molar-refractivity contribution in [2.45, 2.75) is 77.1 Å². The molecule has 0 aromatic heterocycles. The Morgan fingerprint density at radius 3 is 2.68 bits per heavy atom. The SMILES string of the molecule is CC(C)OC(=O)CCC/C=C\CC1C(=O)CC(O)C1/C=C/C(O)CCc1ccccc1. The second-order valence-electron chi connectivity index (χ2n) is 8.54. The van der Waals surface area contributed by atoms with Crippen LogP contribution in [-0.4, -0.2) is 40.3 Å². The van der Waals surface area contributed by atoms with Gasteiger partial charge < -0.3 is 14.9 Å². The van der Waals surface area contributed by atoms with Crippen molar-refractivity contribution in [3.8, 4) is 0 Å². The molecule has 0 saturated heterocycles. The highest BCUT2D eigenvalue weighted by Crippen LogP contribution is 2.33. The Morgan fingerprint density at radius 2 is 1.97 bits per heavy atom. The standard InChI is InChI=1S/C26H36O5/c1-19(2)31-26(30)13-9-4-3-8-12-22-23(25(29)18-24(22)28)17-16-21(27)15-14-20-10-6-5-7-11-20/h3,5-8,10-11,16-17,19,21-23,25,27,29H,4,9,12-15,18H2,1-2H3/b8-3-,17-16+. The molecule has 170 valence electrons. The molecule has 1 aliphatic carbocycles. The molecule has 2 rings (SSSR count). The summed E-state index contributed by atoms with van der Waals surface area (Å²) in [6.07, 6.45) is 10.00. The van der Waals surface area contributed by atoms with Crippen molar-refractivity contribution < 1.29 is 24.5 Å². The van der Waals surface area contributed by atoms with E-state index in [-0.39, 0.29) is 36.1 Å². The Kier molecular flexibility index (Phi) is 10.7. The number of aliphatic hydroxyl groups excluding tert-OH is 2. The Balaban J connectivity index is 1.77. The molecule has 1 aliphatic rings. The van der Waals surface area contributed by atoms with Gasteiger partial charge >= 0.3 is 5.97 Å². The number of esters is 1. The number of allylic oxidation sites excluding steroid dienone is 2. The second kappa shape index (κ2) is 13.2. The summed E-state index contributed by atoms with van der Waals surface area (Å²) >= 11 is 0. The third kappa shape index (κ3) is 9.19. The van der Waals surface area contributed by atoms with E-state index in [1.807, 2.05) is 62.4 Å². The Bertz CT molecular complexity index is 737. The third-order valence-electron chi connectivity index (χ3n) is 5.54. The van der Waals surface area contributed by atoms with Crippen LogP contribution in [0.15, 0.2) is 54.6 Å². The number of Topliss-reactive ketones (excluding diaryl/α,β-unsaturated/α-hetero) is 1. The minimum Gasteiger partial charge on any atom is -0.463 e. The van der Waals surface area contributed by atoms with Crippen LogP contribution >= 0.6 is 0 Å². The highest BCUT2D eigenvalue weighted by molar-refractivity contribution is 5.84. The van der Waals surface area contributed by atoms with Gasteiger partial charge in [0.2, 0.25) is 0 Å². The summed E-state index contributed by atoms with van der Waals surface area (Å²) in [6, 6.07) is 9.99. The van der Waals surface area contributed by atoms with Crippen molar-refractivity contribution >= 4 is 11.8 Å². The van der Waals surface area contributed by atoms with E-state index in [1.165, 1.54) is 5.56 Å². The molecule has 0 radical (unpaired) electrons. The number of benzene rings is 1. The monoisotopic (exact) mass is 428 g/mol. The van der Waals surface area contributed by atoms with Gasteiger partial charge in [-0.1, -0.05) is 54.6 Å². The molecule has 0 heterocycles. The molecule has 0 amide bonds. The van der Waals surface area contributed by atoms with Crippen molar-refractivity contribution in [3.63, 3.8) is 0 Å². The average molecular weight is 429 g/mol. The molecule has 4 atom stereocenters. The lowest BCUT2D eigenvalue weighted by Crippen LogP contribution is -2.19. The minimum absolute atomic E-state index is 0.0612. The number of hydrogen-bond donors (Lipinski definition) is 2. The molecule has 31 heavy (non-hydrogen) atoms. The molecular formula is C26H36O5. The summed E-state index contributed by atoms with van der Waals surface area (Å²) in [6.45, 7) is 3.66. The van der Waals surface area contributed by atoms with Gasteiger partial charge in [-0.15, -0.1) is 0 Å². The van der Waals surface area contributed by atoms with Gasteiger partial charge in [0, 0.05) is 24.7 Å². The Hall–Kier alpha value is -2.24. The van der Waals surface area contributed by atoms with Crippen LogP contribution in [0.4, 0.5) is 0 Å². The number of hydrogen-bond acceptors (Lipinski definition) is 5. The fraction of sp³-hybridized carbons (Fsp3) is 0.538. The van der Waals surface area contributed by atoms with E-state index in [4.69, 9.17) is 4.74 Å². The van der Waals surface area contributed by atoms with Gasteiger partial charge in [-0.3, -0.25) is 9.59 Å². The lowest BCUT2D eigenvalue weighted by molar-refractivity contribution is -0.147. The summed E-state index contributed by atoms with van der Waals surface area (Å²) in [7, 11) is 0. The zero-order valence-electron chi connectivity index (χ0n) is 18.7. The zero-order valence-corrected chi connectivity index (χ0v) is 18.7. The molecule has 5 heteroatoms. The molecule has 4 unspecified atom stereocenters. The van der Waals surface area contributed by atoms with Crippen LogP contribution in [0.5, 0.6) is 0 Å². The maximum atomic E-state index is 12.3. The van der Waals surface area contributed by atoms with E-state index < -0.39 is 12.2 Å². The quantitative estimate of drug-likeness (QED) is 0.297. The Labute approximate surface area is 185 Å². The normalized spacial score (nSPS) is 22.6. The number of aliphatic hydroxyl groups is 2. The average Bonchev–Trinajstić information content (AvgIpc) is 3.00. The predicted octanol–water partition coefficient (Wildman–Crippen LogP) is 4.17. The number of rotatable bonds is 12. The van der Waals surface area contributed by atoms with Gasteiger partial charge in [-0.05, 0) is 51.5 Å². The Morgan fingerprint density at radius 1 is 1.23 bits per heavy atom. The second-order valence-corrected chi connectivity index (χ2v) is 8.54. The highest BCUT2D eigenvalue weighted by Gasteiger charge is 2.39. The van der Waals surface area contributed by atoms with E-state index in [2.05, 4.69) is 0 Å².